The third kappa shape index (κ3) is 3.82. The van der Waals surface area contributed by atoms with Crippen molar-refractivity contribution in [3.63, 3.8) is 0 Å². The standard InChI is InChI=1S/C16H28N2O/c1-15(2)8-13(9-16(3,4)10-15)18-14(19)11-5-6-12(17)7-11/h5-6,11-13H,7-10,17H2,1-4H3,(H,18,19). The molecule has 2 unspecified atom stereocenters. The van der Waals surface area contributed by atoms with Gasteiger partial charge in [-0.2, -0.15) is 0 Å². The first-order valence-corrected chi connectivity index (χ1v) is 7.41. The van der Waals surface area contributed by atoms with Crippen molar-refractivity contribution in [3.8, 4) is 0 Å². The number of carbonyl (C=O) groups excluding carboxylic acids is 1. The van der Waals surface area contributed by atoms with E-state index in [-0.39, 0.29) is 17.9 Å². The number of nitrogens with one attached hydrogen (secondary N) is 1. The van der Waals surface area contributed by atoms with Crippen molar-refractivity contribution in [2.75, 3.05) is 0 Å². The molecule has 0 spiro atoms. The zero-order valence-electron chi connectivity index (χ0n) is 12.7. The number of hydrogen-bond donors (Lipinski definition) is 2. The van der Waals surface area contributed by atoms with Gasteiger partial charge in [0.15, 0.2) is 0 Å². The predicted molar refractivity (Wildman–Crippen MR) is 78.6 cm³/mol. The fraction of sp³-hybridized carbons (Fsp3) is 0.812. The van der Waals surface area contributed by atoms with E-state index in [1.807, 2.05) is 12.2 Å². The Balaban J connectivity index is 1.95. The van der Waals surface area contributed by atoms with E-state index < -0.39 is 0 Å². The fourth-order valence-corrected chi connectivity index (χ4v) is 4.18. The van der Waals surface area contributed by atoms with Gasteiger partial charge >= 0.3 is 0 Å². The molecule has 2 atom stereocenters. The van der Waals surface area contributed by atoms with Gasteiger partial charge in [0.1, 0.15) is 0 Å². The van der Waals surface area contributed by atoms with Crippen LogP contribution in [0.5, 0.6) is 0 Å². The average Bonchev–Trinajstić information content (AvgIpc) is 2.59. The van der Waals surface area contributed by atoms with Crippen LogP contribution >= 0.6 is 0 Å². The Bertz CT molecular complexity index is 368. The maximum Gasteiger partial charge on any atom is 0.227 e. The highest BCUT2D eigenvalue weighted by molar-refractivity contribution is 5.81. The molecule has 0 radical (unpaired) electrons. The second kappa shape index (κ2) is 4.93. The van der Waals surface area contributed by atoms with Gasteiger partial charge in [-0.1, -0.05) is 39.8 Å². The largest absolute Gasteiger partial charge is 0.353 e. The number of amides is 1. The molecule has 19 heavy (non-hydrogen) atoms. The number of nitrogens with two attached hydrogens (primary N) is 1. The van der Waals surface area contributed by atoms with Gasteiger partial charge in [0.25, 0.3) is 0 Å². The smallest absolute Gasteiger partial charge is 0.227 e. The van der Waals surface area contributed by atoms with E-state index in [2.05, 4.69) is 33.0 Å². The molecule has 0 saturated heterocycles. The summed E-state index contributed by atoms with van der Waals surface area (Å²) in [5, 5.41) is 3.25. The van der Waals surface area contributed by atoms with Crippen LogP contribution in [0.1, 0.15) is 53.4 Å². The molecule has 1 saturated carbocycles. The highest BCUT2D eigenvalue weighted by Gasteiger charge is 2.39. The summed E-state index contributed by atoms with van der Waals surface area (Å²) in [6, 6.07) is 0.353. The zero-order chi connectivity index (χ0) is 14.3. The summed E-state index contributed by atoms with van der Waals surface area (Å²) in [6.45, 7) is 9.22. The summed E-state index contributed by atoms with van der Waals surface area (Å²) in [5.74, 6) is 0.130. The molecule has 108 valence electrons. The van der Waals surface area contributed by atoms with E-state index in [4.69, 9.17) is 5.73 Å². The molecule has 0 aromatic carbocycles. The van der Waals surface area contributed by atoms with Gasteiger partial charge in [-0.15, -0.1) is 0 Å². The first-order chi connectivity index (χ1) is 8.67. The van der Waals surface area contributed by atoms with Crippen LogP contribution in [0.25, 0.3) is 0 Å². The van der Waals surface area contributed by atoms with Crippen LogP contribution in [0, 0.1) is 16.7 Å². The van der Waals surface area contributed by atoms with E-state index >= 15 is 0 Å². The number of carbonyl (C=O) groups is 1. The molecular formula is C16H28N2O. The highest BCUT2D eigenvalue weighted by atomic mass is 16.1. The minimum absolute atomic E-state index is 0.0249. The summed E-state index contributed by atoms with van der Waals surface area (Å²) in [6.07, 6.45) is 8.03. The molecule has 3 heteroatoms. The first-order valence-electron chi connectivity index (χ1n) is 7.41. The lowest BCUT2D eigenvalue weighted by Gasteiger charge is -2.45. The molecule has 3 N–H and O–H groups in total. The fourth-order valence-electron chi connectivity index (χ4n) is 4.18. The molecule has 0 bridgehead atoms. The molecule has 0 heterocycles. The molecule has 1 amide bonds. The summed E-state index contributed by atoms with van der Waals surface area (Å²) in [5.41, 5.74) is 6.43. The van der Waals surface area contributed by atoms with Crippen molar-refractivity contribution in [2.45, 2.75) is 65.5 Å². The maximum atomic E-state index is 12.3. The third-order valence-corrected chi connectivity index (χ3v) is 4.35. The van der Waals surface area contributed by atoms with Gasteiger partial charge in [0.2, 0.25) is 5.91 Å². The van der Waals surface area contributed by atoms with Crippen molar-refractivity contribution in [1.29, 1.82) is 0 Å². The van der Waals surface area contributed by atoms with Crippen LogP contribution in [0.4, 0.5) is 0 Å². The maximum absolute atomic E-state index is 12.3. The Morgan fingerprint density at radius 2 is 1.74 bits per heavy atom. The van der Waals surface area contributed by atoms with Crippen molar-refractivity contribution in [3.05, 3.63) is 12.2 Å². The molecule has 2 rings (SSSR count). The lowest BCUT2D eigenvalue weighted by Crippen LogP contribution is -2.47. The number of hydrogen-bond acceptors (Lipinski definition) is 2. The van der Waals surface area contributed by atoms with Crippen molar-refractivity contribution >= 4 is 5.91 Å². The van der Waals surface area contributed by atoms with E-state index in [1.165, 1.54) is 6.42 Å². The Labute approximate surface area is 117 Å². The molecular weight excluding hydrogens is 236 g/mol. The van der Waals surface area contributed by atoms with Crippen LogP contribution in [0.15, 0.2) is 12.2 Å². The zero-order valence-corrected chi connectivity index (χ0v) is 12.7. The van der Waals surface area contributed by atoms with Gasteiger partial charge in [-0.3, -0.25) is 4.79 Å². The van der Waals surface area contributed by atoms with Crippen LogP contribution < -0.4 is 11.1 Å². The Morgan fingerprint density at radius 1 is 1.16 bits per heavy atom. The molecule has 2 aliphatic rings. The minimum Gasteiger partial charge on any atom is -0.353 e. The molecule has 0 aliphatic heterocycles. The lowest BCUT2D eigenvalue weighted by molar-refractivity contribution is -0.125. The molecule has 0 aromatic rings. The summed E-state index contributed by atoms with van der Waals surface area (Å²) >= 11 is 0. The van der Waals surface area contributed by atoms with Gasteiger partial charge < -0.3 is 11.1 Å². The Kier molecular flexibility index (Phi) is 3.78. The van der Waals surface area contributed by atoms with Gasteiger partial charge in [-0.25, -0.2) is 0 Å². The summed E-state index contributed by atoms with van der Waals surface area (Å²) in [4.78, 5) is 12.3. The van der Waals surface area contributed by atoms with Crippen molar-refractivity contribution in [2.24, 2.45) is 22.5 Å². The predicted octanol–water partition coefficient (Wildman–Crippen LogP) is 2.61. The average molecular weight is 264 g/mol. The molecule has 0 aromatic heterocycles. The van der Waals surface area contributed by atoms with Gasteiger partial charge in [0.05, 0.1) is 5.92 Å². The minimum atomic E-state index is -0.0249. The Hall–Kier alpha value is -0.830. The molecule has 3 nitrogen and oxygen atoms in total. The topological polar surface area (TPSA) is 55.1 Å². The van der Waals surface area contributed by atoms with Gasteiger partial charge in [0, 0.05) is 12.1 Å². The normalized spacial score (nSPS) is 33.3. The summed E-state index contributed by atoms with van der Waals surface area (Å²) < 4.78 is 0. The van der Waals surface area contributed by atoms with E-state index in [9.17, 15) is 4.79 Å². The quantitative estimate of drug-likeness (QED) is 0.753. The molecule has 1 fully saturated rings. The first kappa shape index (κ1) is 14.6. The van der Waals surface area contributed by atoms with E-state index in [0.717, 1.165) is 19.3 Å². The SMILES string of the molecule is CC1(C)CC(NC(=O)C2C=CC(N)C2)CC(C)(C)C1. The third-order valence-electron chi connectivity index (χ3n) is 4.35. The lowest BCUT2D eigenvalue weighted by atomic mass is 9.63. The monoisotopic (exact) mass is 264 g/mol. The second-order valence-corrected chi connectivity index (χ2v) is 8.01. The van der Waals surface area contributed by atoms with Crippen LogP contribution in [0.2, 0.25) is 0 Å². The second-order valence-electron chi connectivity index (χ2n) is 8.01. The van der Waals surface area contributed by atoms with Gasteiger partial charge in [-0.05, 0) is 36.5 Å². The van der Waals surface area contributed by atoms with Crippen LogP contribution in [-0.2, 0) is 4.79 Å². The van der Waals surface area contributed by atoms with Crippen LogP contribution in [0.3, 0.4) is 0 Å². The summed E-state index contributed by atoms with van der Waals surface area (Å²) in [7, 11) is 0. The van der Waals surface area contributed by atoms with Crippen molar-refractivity contribution in [1.82, 2.24) is 5.32 Å². The van der Waals surface area contributed by atoms with E-state index in [1.54, 1.807) is 0 Å². The Morgan fingerprint density at radius 3 is 2.21 bits per heavy atom. The van der Waals surface area contributed by atoms with E-state index in [0.29, 0.717) is 16.9 Å². The van der Waals surface area contributed by atoms with Crippen LogP contribution in [-0.4, -0.2) is 18.0 Å². The number of rotatable bonds is 2. The van der Waals surface area contributed by atoms with Crippen molar-refractivity contribution < 1.29 is 4.79 Å². The highest BCUT2D eigenvalue weighted by Crippen LogP contribution is 2.45. The molecule has 2 aliphatic carbocycles.